The van der Waals surface area contributed by atoms with Gasteiger partial charge in [0.05, 0.1) is 44.1 Å². The molecule has 34 heteroatoms. The van der Waals surface area contributed by atoms with E-state index < -0.39 is 197 Å². The van der Waals surface area contributed by atoms with Crippen LogP contribution in [0.1, 0.15) is 194 Å². The van der Waals surface area contributed by atoms with Crippen LogP contribution in [0.15, 0.2) is 0 Å². The highest BCUT2D eigenvalue weighted by Crippen LogP contribution is 2.30. The molecule has 0 heterocycles. The molecule has 0 aromatic heterocycles. The summed E-state index contributed by atoms with van der Waals surface area (Å²) in [5, 5.41) is -2.47. The first-order valence-electron chi connectivity index (χ1n) is 30.9. The molecule has 0 radical (unpaired) electrons. The van der Waals surface area contributed by atoms with E-state index in [4.69, 9.17) is 75.8 Å². The molecule has 0 aliphatic heterocycles. The van der Waals surface area contributed by atoms with Gasteiger partial charge in [0.25, 0.3) is 10.1 Å². The SMILES string of the molecule is CC(=O)OCCC(CC(CC(CC(CC(CC(C)(C)OCCOC(=O)CC(C(=O)OCCOC(C)(C)CC(CC(CC(CC(CC(CCOC(C)=O)OC(C)=O)OC(C)=O)OC(C)=O)OC(C)=O)OC(C)=O)S(=O)(=O)O)OC(C)=O)OC(C)=O)OC(C)=O)OC(C)=O)OC(C)=O. The Morgan fingerprint density at radius 1 is 0.302 bits per heavy atom. The average molecular weight is 1400 g/mol. The monoisotopic (exact) mass is 1400 g/mol. The Kier molecular flexibility index (Phi) is 41.5. The fourth-order valence-electron chi connectivity index (χ4n) is 10.1. The van der Waals surface area contributed by atoms with Gasteiger partial charge in [-0.15, -0.1) is 0 Å². The van der Waals surface area contributed by atoms with E-state index in [0.29, 0.717) is 0 Å². The topological polar surface area (TPSA) is 441 Å². The van der Waals surface area contributed by atoms with Crippen LogP contribution >= 0.6 is 0 Å². The molecule has 0 amide bonds. The van der Waals surface area contributed by atoms with Gasteiger partial charge in [-0.1, -0.05) is 0 Å². The molecule has 0 aromatic carbocycles. The van der Waals surface area contributed by atoms with Gasteiger partial charge in [0.1, 0.15) is 74.3 Å². The summed E-state index contributed by atoms with van der Waals surface area (Å²) in [6.45, 7) is 17.5. The zero-order valence-electron chi connectivity index (χ0n) is 57.7. The van der Waals surface area contributed by atoms with Crippen molar-refractivity contribution in [3.05, 3.63) is 0 Å². The maximum Gasteiger partial charge on any atom is 0.327 e. The van der Waals surface area contributed by atoms with Gasteiger partial charge < -0.3 is 75.8 Å². The smallest absolute Gasteiger partial charge is 0.327 e. The van der Waals surface area contributed by atoms with Crippen molar-refractivity contribution in [2.24, 2.45) is 0 Å². The number of carbonyl (C=O) groups is 14. The zero-order valence-corrected chi connectivity index (χ0v) is 58.5. The fraction of sp³-hybridized carbons (Fsp3) is 0.774. The zero-order chi connectivity index (χ0) is 73.7. The van der Waals surface area contributed by atoms with E-state index in [1.165, 1.54) is 13.8 Å². The van der Waals surface area contributed by atoms with Crippen molar-refractivity contribution < 1.29 is 156 Å². The Labute approximate surface area is 559 Å². The molecule has 0 fully saturated rings. The first-order valence-corrected chi connectivity index (χ1v) is 32.4. The lowest BCUT2D eigenvalue weighted by Crippen LogP contribution is -2.38. The van der Waals surface area contributed by atoms with Crippen LogP contribution in [0.5, 0.6) is 0 Å². The van der Waals surface area contributed by atoms with E-state index in [-0.39, 0.29) is 96.9 Å². The first-order chi connectivity index (χ1) is 44.3. The normalized spacial score (nSPS) is 15.0. The van der Waals surface area contributed by atoms with Crippen molar-refractivity contribution in [1.29, 1.82) is 0 Å². The highest BCUT2D eigenvalue weighted by atomic mass is 32.2. The quantitative estimate of drug-likeness (QED) is 0.0381. The van der Waals surface area contributed by atoms with Gasteiger partial charge in [-0.2, -0.15) is 8.42 Å². The van der Waals surface area contributed by atoms with Crippen LogP contribution in [0.25, 0.3) is 0 Å². The predicted molar refractivity (Wildman–Crippen MR) is 326 cm³/mol. The van der Waals surface area contributed by atoms with E-state index in [1.807, 2.05) is 0 Å². The number of ether oxygens (including phenoxy) is 16. The molecule has 11 atom stereocenters. The van der Waals surface area contributed by atoms with Crippen molar-refractivity contribution in [2.75, 3.05) is 39.6 Å². The lowest BCUT2D eigenvalue weighted by molar-refractivity contribution is -0.166. The summed E-state index contributed by atoms with van der Waals surface area (Å²) in [6.07, 6.45) is -13.6. The molecule has 0 aliphatic carbocycles. The summed E-state index contributed by atoms with van der Waals surface area (Å²) < 4.78 is 122. The second kappa shape index (κ2) is 45.0. The lowest BCUT2D eigenvalue weighted by Gasteiger charge is -2.33. The molecule has 550 valence electrons. The van der Waals surface area contributed by atoms with Crippen molar-refractivity contribution >= 4 is 93.7 Å². The summed E-state index contributed by atoms with van der Waals surface area (Å²) in [5.74, 6) is -11.5. The number of rotatable bonds is 48. The fourth-order valence-corrected chi connectivity index (χ4v) is 10.7. The van der Waals surface area contributed by atoms with Gasteiger partial charge >= 0.3 is 83.6 Å². The Balaban J connectivity index is 6.10. The van der Waals surface area contributed by atoms with Crippen molar-refractivity contribution in [2.45, 2.75) is 272 Å². The second-order valence-corrected chi connectivity index (χ2v) is 25.3. The van der Waals surface area contributed by atoms with Crippen LogP contribution in [-0.4, -0.2) is 214 Å². The predicted octanol–water partition coefficient (Wildman–Crippen LogP) is 4.43. The molecule has 0 aliphatic rings. The van der Waals surface area contributed by atoms with Gasteiger partial charge in [-0.05, 0) is 27.7 Å². The molecule has 0 saturated heterocycles. The number of carbonyl (C=O) groups excluding carboxylic acids is 14. The highest BCUT2D eigenvalue weighted by molar-refractivity contribution is 7.87. The molecular formula is C62H98O33S. The van der Waals surface area contributed by atoms with E-state index in [1.54, 1.807) is 27.7 Å². The molecule has 0 aromatic rings. The standard InChI is InChI=1S/C62H98O33S/c1-36(63)80-19-17-48(86-38(3)65)25-50(88-40(5)67)27-52(90-42(7)69)29-54(92-44(9)71)31-56(94-46(11)73)34-61(13,14)84-23-21-82-59(75)33-58(96(77,78)79)60(76)83-22-24-85-62(15,16)35-57(95-47(12)74)32-55(93-45(10)72)30-53(91-43(8)70)28-51(89-41(6)68)26-49(87-39(4)66)18-20-81-37(2)64/h48-58H,17-35H2,1-16H3,(H,77,78,79). The number of hydrogen-bond acceptors (Lipinski definition) is 32. The van der Waals surface area contributed by atoms with E-state index >= 15 is 0 Å². The minimum Gasteiger partial charge on any atom is -0.466 e. The van der Waals surface area contributed by atoms with Gasteiger partial charge in [0.15, 0.2) is 5.25 Å². The largest absolute Gasteiger partial charge is 0.466 e. The average Bonchev–Trinajstić information content (AvgIpc) is 0.951. The van der Waals surface area contributed by atoms with Gasteiger partial charge in [-0.25, -0.2) is 0 Å². The van der Waals surface area contributed by atoms with E-state index in [0.717, 1.165) is 69.2 Å². The molecule has 0 spiro atoms. The summed E-state index contributed by atoms with van der Waals surface area (Å²) >= 11 is 0. The van der Waals surface area contributed by atoms with Crippen molar-refractivity contribution in [3.8, 4) is 0 Å². The van der Waals surface area contributed by atoms with Crippen LogP contribution < -0.4 is 0 Å². The summed E-state index contributed by atoms with van der Waals surface area (Å²) in [5.41, 5.74) is -2.48. The Bertz CT molecular complexity index is 2690. The van der Waals surface area contributed by atoms with Crippen LogP contribution in [0.4, 0.5) is 0 Å². The van der Waals surface area contributed by atoms with Crippen molar-refractivity contribution in [3.63, 3.8) is 0 Å². The van der Waals surface area contributed by atoms with Crippen LogP contribution in [0.3, 0.4) is 0 Å². The van der Waals surface area contributed by atoms with Crippen LogP contribution in [0.2, 0.25) is 0 Å². The second-order valence-electron chi connectivity index (χ2n) is 23.7. The van der Waals surface area contributed by atoms with Gasteiger partial charge in [-0.3, -0.25) is 71.7 Å². The van der Waals surface area contributed by atoms with E-state index in [2.05, 4.69) is 0 Å². The van der Waals surface area contributed by atoms with Gasteiger partial charge in [0.2, 0.25) is 0 Å². The van der Waals surface area contributed by atoms with Crippen LogP contribution in [0, 0.1) is 0 Å². The molecule has 0 saturated carbocycles. The van der Waals surface area contributed by atoms with Crippen LogP contribution in [-0.2, 0) is 153 Å². The third-order valence-corrected chi connectivity index (χ3v) is 14.2. The third-order valence-electron chi connectivity index (χ3n) is 13.1. The van der Waals surface area contributed by atoms with E-state index in [9.17, 15) is 80.1 Å². The molecule has 0 rings (SSSR count). The molecule has 0 bridgehead atoms. The molecule has 33 nitrogen and oxygen atoms in total. The third kappa shape index (κ3) is 46.5. The van der Waals surface area contributed by atoms with Crippen molar-refractivity contribution in [1.82, 2.24) is 0 Å². The molecule has 96 heavy (non-hydrogen) atoms. The Hall–Kier alpha value is -7.59. The Morgan fingerprint density at radius 2 is 0.531 bits per heavy atom. The first kappa shape index (κ1) is 88.4. The number of esters is 14. The minimum absolute atomic E-state index is 0.0204. The maximum atomic E-state index is 13.1. The highest BCUT2D eigenvalue weighted by Gasteiger charge is 2.39. The summed E-state index contributed by atoms with van der Waals surface area (Å²) in [6, 6.07) is 0. The lowest BCUT2D eigenvalue weighted by atomic mass is 9.93. The molecular weight excluding hydrogens is 1300 g/mol. The Morgan fingerprint density at radius 3 is 0.781 bits per heavy atom. The molecule has 1 N–H and O–H groups in total. The maximum absolute atomic E-state index is 13.1. The summed E-state index contributed by atoms with van der Waals surface area (Å²) in [4.78, 5) is 172. The minimum atomic E-state index is -5.31. The summed E-state index contributed by atoms with van der Waals surface area (Å²) in [7, 11) is -5.31. The van der Waals surface area contributed by atoms with Gasteiger partial charge in [0, 0.05) is 160 Å². The molecule has 11 unspecified atom stereocenters. The number of hydrogen-bond donors (Lipinski definition) is 1.